The topological polar surface area (TPSA) is 43.6 Å². The Kier molecular flexibility index (Phi) is 3.92. The number of hydrogen-bond acceptors (Lipinski definition) is 4. The molecule has 0 bridgehead atoms. The van der Waals surface area contributed by atoms with Crippen LogP contribution in [0.4, 0.5) is 0 Å². The van der Waals surface area contributed by atoms with Gasteiger partial charge in [-0.1, -0.05) is 0 Å². The first kappa shape index (κ1) is 13.1. The van der Waals surface area contributed by atoms with Crippen LogP contribution in [-0.2, 0) is 13.2 Å². The zero-order valence-corrected chi connectivity index (χ0v) is 11.6. The van der Waals surface area contributed by atoms with Gasteiger partial charge in [-0.3, -0.25) is 0 Å². The van der Waals surface area contributed by atoms with Gasteiger partial charge in [0.2, 0.25) is 0 Å². The van der Waals surface area contributed by atoms with Crippen molar-refractivity contribution in [1.29, 1.82) is 0 Å². The third-order valence-corrected chi connectivity index (χ3v) is 3.42. The van der Waals surface area contributed by atoms with E-state index in [1.165, 1.54) is 12.8 Å². The maximum atomic E-state index is 5.77. The van der Waals surface area contributed by atoms with Gasteiger partial charge in [-0.2, -0.15) is 0 Å². The Labute approximate surface area is 118 Å². The summed E-state index contributed by atoms with van der Waals surface area (Å²) in [7, 11) is 1.65. The van der Waals surface area contributed by atoms with Crippen LogP contribution >= 0.6 is 0 Å². The molecule has 1 aromatic heterocycles. The molecule has 4 nitrogen and oxygen atoms in total. The second kappa shape index (κ2) is 6.01. The van der Waals surface area contributed by atoms with Crippen LogP contribution in [0.5, 0.6) is 11.5 Å². The normalized spacial score (nSPS) is 14.2. The summed E-state index contributed by atoms with van der Waals surface area (Å²) in [6.07, 6.45) is 4.27. The molecular formula is C16H19NO3. The summed E-state index contributed by atoms with van der Waals surface area (Å²) in [5.74, 6) is 2.62. The van der Waals surface area contributed by atoms with Crippen molar-refractivity contribution in [2.24, 2.45) is 0 Å². The lowest BCUT2D eigenvalue weighted by Crippen LogP contribution is -2.16. The number of methoxy groups -OCH3 is 1. The third-order valence-electron chi connectivity index (χ3n) is 3.42. The van der Waals surface area contributed by atoms with Crippen molar-refractivity contribution in [2.45, 2.75) is 32.0 Å². The smallest absolute Gasteiger partial charge is 0.124 e. The van der Waals surface area contributed by atoms with E-state index in [-0.39, 0.29) is 0 Å². The minimum atomic E-state index is 0.518. The van der Waals surface area contributed by atoms with Crippen LogP contribution in [-0.4, -0.2) is 13.2 Å². The molecule has 1 N–H and O–H groups in total. The molecule has 0 radical (unpaired) electrons. The van der Waals surface area contributed by atoms with E-state index in [4.69, 9.17) is 13.9 Å². The molecule has 106 valence electrons. The molecular weight excluding hydrogens is 254 g/mol. The van der Waals surface area contributed by atoms with Crippen molar-refractivity contribution in [3.63, 3.8) is 0 Å². The minimum Gasteiger partial charge on any atom is -0.497 e. The number of benzene rings is 1. The van der Waals surface area contributed by atoms with Crippen LogP contribution in [0, 0.1) is 0 Å². The Morgan fingerprint density at radius 1 is 1.15 bits per heavy atom. The predicted molar refractivity (Wildman–Crippen MR) is 75.9 cm³/mol. The second-order valence-corrected chi connectivity index (χ2v) is 4.99. The molecule has 0 atom stereocenters. The van der Waals surface area contributed by atoms with E-state index in [0.717, 1.165) is 29.4 Å². The predicted octanol–water partition coefficient (Wildman–Crippen LogP) is 3.12. The Balaban J connectivity index is 1.55. The third kappa shape index (κ3) is 3.33. The molecule has 0 amide bonds. The highest BCUT2D eigenvalue weighted by atomic mass is 16.5. The van der Waals surface area contributed by atoms with Crippen LogP contribution in [0.25, 0.3) is 0 Å². The highest BCUT2D eigenvalue weighted by Gasteiger charge is 2.21. The quantitative estimate of drug-likeness (QED) is 0.841. The fraction of sp³-hybridized carbons (Fsp3) is 0.375. The lowest BCUT2D eigenvalue weighted by atomic mass is 10.2. The molecule has 1 heterocycles. The summed E-state index contributed by atoms with van der Waals surface area (Å²) in [4.78, 5) is 0. The van der Waals surface area contributed by atoms with Gasteiger partial charge in [-0.25, -0.2) is 0 Å². The molecule has 4 heteroatoms. The summed E-state index contributed by atoms with van der Waals surface area (Å²) in [5, 5.41) is 3.45. The van der Waals surface area contributed by atoms with E-state index < -0.39 is 0 Å². The molecule has 2 aromatic rings. The van der Waals surface area contributed by atoms with Crippen LogP contribution in [0.2, 0.25) is 0 Å². The van der Waals surface area contributed by atoms with Gasteiger partial charge in [0.05, 0.1) is 19.9 Å². The number of rotatable bonds is 7. The molecule has 0 spiro atoms. The molecule has 0 unspecified atom stereocenters. The van der Waals surface area contributed by atoms with Gasteiger partial charge >= 0.3 is 0 Å². The van der Waals surface area contributed by atoms with Gasteiger partial charge in [0.25, 0.3) is 0 Å². The van der Waals surface area contributed by atoms with Gasteiger partial charge in [0, 0.05) is 11.6 Å². The maximum Gasteiger partial charge on any atom is 0.124 e. The van der Waals surface area contributed by atoms with E-state index in [0.29, 0.717) is 12.6 Å². The highest BCUT2D eigenvalue weighted by Crippen LogP contribution is 2.22. The van der Waals surface area contributed by atoms with Crippen LogP contribution < -0.4 is 14.8 Å². The Morgan fingerprint density at radius 3 is 2.60 bits per heavy atom. The maximum absolute atomic E-state index is 5.77. The van der Waals surface area contributed by atoms with Gasteiger partial charge in [-0.15, -0.1) is 0 Å². The molecule has 1 aromatic carbocycles. The molecule has 1 saturated carbocycles. The Hall–Kier alpha value is -1.94. The van der Waals surface area contributed by atoms with Crippen LogP contribution in [0.1, 0.15) is 24.2 Å². The molecule has 3 rings (SSSR count). The number of ether oxygens (including phenoxy) is 2. The molecule has 20 heavy (non-hydrogen) atoms. The van der Waals surface area contributed by atoms with E-state index in [2.05, 4.69) is 5.32 Å². The summed E-state index contributed by atoms with van der Waals surface area (Å²) in [6, 6.07) is 10.2. The summed E-state index contributed by atoms with van der Waals surface area (Å²) < 4.78 is 16.4. The van der Waals surface area contributed by atoms with Crippen molar-refractivity contribution in [3.05, 3.63) is 47.9 Å². The average Bonchev–Trinajstić information content (AvgIpc) is 3.22. The summed E-state index contributed by atoms with van der Waals surface area (Å²) >= 11 is 0. The molecule has 1 aliphatic rings. The van der Waals surface area contributed by atoms with Crippen LogP contribution in [0.3, 0.4) is 0 Å². The lowest BCUT2D eigenvalue weighted by Gasteiger charge is -2.07. The molecule has 0 aliphatic heterocycles. The lowest BCUT2D eigenvalue weighted by molar-refractivity contribution is 0.300. The Morgan fingerprint density at radius 2 is 1.90 bits per heavy atom. The zero-order valence-electron chi connectivity index (χ0n) is 11.6. The van der Waals surface area contributed by atoms with Gasteiger partial charge in [-0.05, 0) is 43.2 Å². The monoisotopic (exact) mass is 273 g/mol. The van der Waals surface area contributed by atoms with Crippen molar-refractivity contribution in [2.75, 3.05) is 7.11 Å². The summed E-state index contributed by atoms with van der Waals surface area (Å²) in [5.41, 5.74) is 1.09. The van der Waals surface area contributed by atoms with E-state index in [1.54, 1.807) is 13.4 Å². The van der Waals surface area contributed by atoms with E-state index >= 15 is 0 Å². The SMILES string of the molecule is COc1ccc(OCc2ccoc2CNC2CC2)cc1. The standard InChI is InChI=1S/C16H19NO3/c1-18-14-4-6-15(7-5-14)20-11-12-8-9-19-16(12)10-17-13-2-3-13/h4-9,13,17H,2-3,10-11H2,1H3. The number of furan rings is 1. The summed E-state index contributed by atoms with van der Waals surface area (Å²) in [6.45, 7) is 1.30. The van der Waals surface area contributed by atoms with Crippen LogP contribution in [0.15, 0.2) is 41.0 Å². The number of nitrogens with one attached hydrogen (secondary N) is 1. The van der Waals surface area contributed by atoms with Gasteiger partial charge in [0.15, 0.2) is 0 Å². The average molecular weight is 273 g/mol. The van der Waals surface area contributed by atoms with E-state index in [1.807, 2.05) is 30.3 Å². The van der Waals surface area contributed by atoms with E-state index in [9.17, 15) is 0 Å². The molecule has 1 aliphatic carbocycles. The largest absolute Gasteiger partial charge is 0.497 e. The van der Waals surface area contributed by atoms with Crippen molar-refractivity contribution in [3.8, 4) is 11.5 Å². The fourth-order valence-electron chi connectivity index (χ4n) is 2.01. The second-order valence-electron chi connectivity index (χ2n) is 4.99. The van der Waals surface area contributed by atoms with Gasteiger partial charge in [0.1, 0.15) is 23.9 Å². The first-order valence-electron chi connectivity index (χ1n) is 6.90. The minimum absolute atomic E-state index is 0.518. The molecule has 1 fully saturated rings. The molecule has 0 saturated heterocycles. The zero-order chi connectivity index (χ0) is 13.8. The first-order valence-corrected chi connectivity index (χ1v) is 6.90. The highest BCUT2D eigenvalue weighted by molar-refractivity contribution is 5.31. The van der Waals surface area contributed by atoms with Gasteiger partial charge < -0.3 is 19.2 Å². The van der Waals surface area contributed by atoms with Crippen molar-refractivity contribution < 1.29 is 13.9 Å². The first-order chi connectivity index (χ1) is 9.85. The Bertz CT molecular complexity index is 543. The van der Waals surface area contributed by atoms with Crippen molar-refractivity contribution in [1.82, 2.24) is 5.32 Å². The fourth-order valence-corrected chi connectivity index (χ4v) is 2.01. The van der Waals surface area contributed by atoms with Crippen molar-refractivity contribution >= 4 is 0 Å². The number of hydrogen-bond donors (Lipinski definition) is 1.